The zero-order chi connectivity index (χ0) is 19.1. The second-order valence-electron chi connectivity index (χ2n) is 6.71. The Morgan fingerprint density at radius 1 is 1.19 bits per heavy atom. The summed E-state index contributed by atoms with van der Waals surface area (Å²) in [6, 6.07) is 12.8. The van der Waals surface area contributed by atoms with Crippen LogP contribution in [0.1, 0.15) is 48.7 Å². The molecule has 1 heterocycles. The molecule has 5 heteroatoms. The van der Waals surface area contributed by atoms with Crippen LogP contribution < -0.4 is 5.73 Å². The van der Waals surface area contributed by atoms with E-state index in [0.29, 0.717) is 11.6 Å². The Labute approximate surface area is 153 Å². The quantitative estimate of drug-likeness (QED) is 0.825. The highest BCUT2D eigenvalue weighted by molar-refractivity contribution is 5.93. The molecule has 1 aliphatic heterocycles. The van der Waals surface area contributed by atoms with E-state index in [0.717, 1.165) is 18.7 Å². The van der Waals surface area contributed by atoms with Crippen molar-refractivity contribution >= 4 is 5.78 Å². The van der Waals surface area contributed by atoms with E-state index in [1.807, 2.05) is 6.07 Å². The average Bonchev–Trinajstić information content (AvgIpc) is 3.00. The summed E-state index contributed by atoms with van der Waals surface area (Å²) >= 11 is 0. The van der Waals surface area contributed by atoms with Crippen molar-refractivity contribution in [3.05, 3.63) is 71.3 Å². The van der Waals surface area contributed by atoms with Crippen molar-refractivity contribution in [2.24, 2.45) is 5.73 Å². The SMILES string of the molecule is CC(=O)c1cccc(F)c1.CC1CCCN1C[C@@H](N)c1cccc(F)c1. The molecule has 3 rings (SSSR count). The van der Waals surface area contributed by atoms with Gasteiger partial charge < -0.3 is 5.73 Å². The number of hydrogen-bond donors (Lipinski definition) is 1. The topological polar surface area (TPSA) is 46.3 Å². The molecule has 3 nitrogen and oxygen atoms in total. The lowest BCUT2D eigenvalue weighted by atomic mass is 10.1. The molecule has 2 aromatic rings. The number of Topliss-reactive ketones (excluding diaryl/α,β-unsaturated/α-hetero) is 1. The summed E-state index contributed by atoms with van der Waals surface area (Å²) in [7, 11) is 0. The van der Waals surface area contributed by atoms with Gasteiger partial charge in [-0.3, -0.25) is 9.69 Å². The normalized spacial score (nSPS) is 18.1. The summed E-state index contributed by atoms with van der Waals surface area (Å²) in [5, 5.41) is 0. The molecule has 0 aliphatic carbocycles. The standard InChI is InChI=1S/C13H19FN2.C8H7FO/c1-10-4-3-7-16(10)9-13(15)11-5-2-6-12(14)8-11;1-6(10)7-3-2-4-8(9)5-7/h2,5-6,8,10,13H,3-4,7,9,15H2,1H3;2-5H,1H3/t10?,13-;/m1./s1. The largest absolute Gasteiger partial charge is 0.323 e. The fraction of sp³-hybridized carbons (Fsp3) is 0.381. The lowest BCUT2D eigenvalue weighted by Gasteiger charge is -2.24. The van der Waals surface area contributed by atoms with Gasteiger partial charge in [0.25, 0.3) is 0 Å². The number of ketones is 1. The van der Waals surface area contributed by atoms with Crippen LogP contribution in [0.3, 0.4) is 0 Å². The Balaban J connectivity index is 0.000000209. The molecule has 0 radical (unpaired) electrons. The van der Waals surface area contributed by atoms with Gasteiger partial charge >= 0.3 is 0 Å². The van der Waals surface area contributed by atoms with E-state index in [9.17, 15) is 13.6 Å². The van der Waals surface area contributed by atoms with Gasteiger partial charge in [0.2, 0.25) is 0 Å². The molecule has 140 valence electrons. The monoisotopic (exact) mass is 360 g/mol. The van der Waals surface area contributed by atoms with Gasteiger partial charge in [0.15, 0.2) is 5.78 Å². The van der Waals surface area contributed by atoms with Crippen molar-refractivity contribution in [3.8, 4) is 0 Å². The van der Waals surface area contributed by atoms with Gasteiger partial charge in [-0.15, -0.1) is 0 Å². The number of nitrogens with two attached hydrogens (primary N) is 1. The number of carbonyl (C=O) groups excluding carboxylic acids is 1. The van der Waals surface area contributed by atoms with Crippen molar-refractivity contribution < 1.29 is 13.6 Å². The van der Waals surface area contributed by atoms with Gasteiger partial charge in [-0.1, -0.05) is 24.3 Å². The summed E-state index contributed by atoms with van der Waals surface area (Å²) in [4.78, 5) is 13.0. The molecule has 0 aromatic heterocycles. The van der Waals surface area contributed by atoms with E-state index < -0.39 is 0 Å². The van der Waals surface area contributed by atoms with E-state index in [1.165, 1.54) is 50.1 Å². The maximum atomic E-state index is 13.0. The molecule has 2 aromatic carbocycles. The molecule has 1 saturated heterocycles. The minimum Gasteiger partial charge on any atom is -0.323 e. The van der Waals surface area contributed by atoms with Crippen molar-refractivity contribution in [3.63, 3.8) is 0 Å². The number of rotatable bonds is 4. The lowest BCUT2D eigenvalue weighted by molar-refractivity contribution is 0.101. The van der Waals surface area contributed by atoms with Crippen molar-refractivity contribution in [1.82, 2.24) is 4.90 Å². The smallest absolute Gasteiger partial charge is 0.159 e. The fourth-order valence-electron chi connectivity index (χ4n) is 3.07. The summed E-state index contributed by atoms with van der Waals surface area (Å²) < 4.78 is 25.4. The Kier molecular flexibility index (Phi) is 7.42. The van der Waals surface area contributed by atoms with Crippen LogP contribution in [0.5, 0.6) is 0 Å². The van der Waals surface area contributed by atoms with Gasteiger partial charge in [-0.05, 0) is 63.1 Å². The van der Waals surface area contributed by atoms with Crippen molar-refractivity contribution in [2.45, 2.75) is 38.8 Å². The average molecular weight is 360 g/mol. The molecule has 0 spiro atoms. The highest BCUT2D eigenvalue weighted by Crippen LogP contribution is 2.20. The van der Waals surface area contributed by atoms with Crippen LogP contribution in [0.25, 0.3) is 0 Å². The number of nitrogens with zero attached hydrogens (tertiary/aromatic N) is 1. The predicted octanol–water partition coefficient (Wildman–Crippen LogP) is 4.34. The maximum absolute atomic E-state index is 13.0. The third-order valence-electron chi connectivity index (χ3n) is 4.63. The second-order valence-corrected chi connectivity index (χ2v) is 6.71. The first-order chi connectivity index (χ1) is 12.4. The van der Waals surface area contributed by atoms with Gasteiger partial charge in [-0.2, -0.15) is 0 Å². The fourth-order valence-corrected chi connectivity index (χ4v) is 3.07. The summed E-state index contributed by atoms with van der Waals surface area (Å²) in [5.41, 5.74) is 7.40. The molecule has 1 fully saturated rings. The molecule has 1 unspecified atom stereocenters. The Morgan fingerprint density at radius 3 is 2.35 bits per heavy atom. The van der Waals surface area contributed by atoms with Crippen LogP contribution in [-0.2, 0) is 0 Å². The zero-order valence-electron chi connectivity index (χ0n) is 15.3. The number of likely N-dealkylation sites (tertiary alicyclic amines) is 1. The lowest BCUT2D eigenvalue weighted by Crippen LogP contribution is -2.34. The number of hydrogen-bond acceptors (Lipinski definition) is 3. The van der Waals surface area contributed by atoms with Crippen LogP contribution >= 0.6 is 0 Å². The number of benzene rings is 2. The van der Waals surface area contributed by atoms with Crippen LogP contribution in [0.4, 0.5) is 8.78 Å². The molecule has 2 N–H and O–H groups in total. The van der Waals surface area contributed by atoms with E-state index >= 15 is 0 Å². The highest BCUT2D eigenvalue weighted by atomic mass is 19.1. The summed E-state index contributed by atoms with van der Waals surface area (Å²) in [6.07, 6.45) is 2.49. The first-order valence-electron chi connectivity index (χ1n) is 8.88. The van der Waals surface area contributed by atoms with E-state index in [2.05, 4.69) is 11.8 Å². The molecule has 0 bridgehead atoms. The van der Waals surface area contributed by atoms with E-state index in [4.69, 9.17) is 5.73 Å². The molecule has 0 saturated carbocycles. The van der Waals surface area contributed by atoms with Crippen LogP contribution in [0.15, 0.2) is 48.5 Å². The summed E-state index contributed by atoms with van der Waals surface area (Å²) in [5.74, 6) is -0.686. The van der Waals surface area contributed by atoms with E-state index in [-0.39, 0.29) is 23.5 Å². The van der Waals surface area contributed by atoms with Crippen LogP contribution in [0.2, 0.25) is 0 Å². The van der Waals surface area contributed by atoms with Crippen molar-refractivity contribution in [2.75, 3.05) is 13.1 Å². The molecule has 2 atom stereocenters. The Morgan fingerprint density at radius 2 is 1.85 bits per heavy atom. The second kappa shape index (κ2) is 9.55. The third-order valence-corrected chi connectivity index (χ3v) is 4.63. The molecule has 1 aliphatic rings. The Hall–Kier alpha value is -2.11. The minimum absolute atomic E-state index is 0.0868. The van der Waals surface area contributed by atoms with Gasteiger partial charge in [0.1, 0.15) is 11.6 Å². The van der Waals surface area contributed by atoms with Crippen LogP contribution in [-0.4, -0.2) is 29.8 Å². The maximum Gasteiger partial charge on any atom is 0.159 e. The molecular weight excluding hydrogens is 334 g/mol. The molecular formula is C21H26F2N2O. The van der Waals surface area contributed by atoms with Gasteiger partial charge in [0, 0.05) is 24.2 Å². The predicted molar refractivity (Wildman–Crippen MR) is 100 cm³/mol. The van der Waals surface area contributed by atoms with Gasteiger partial charge in [-0.25, -0.2) is 8.78 Å². The Bertz CT molecular complexity index is 735. The van der Waals surface area contributed by atoms with Gasteiger partial charge in [0.05, 0.1) is 0 Å². The minimum atomic E-state index is -0.368. The zero-order valence-corrected chi connectivity index (χ0v) is 15.3. The molecule has 26 heavy (non-hydrogen) atoms. The van der Waals surface area contributed by atoms with Crippen molar-refractivity contribution in [1.29, 1.82) is 0 Å². The van der Waals surface area contributed by atoms with Crippen LogP contribution in [0, 0.1) is 11.6 Å². The number of carbonyl (C=O) groups is 1. The number of halogens is 2. The first kappa shape index (κ1) is 20.2. The summed E-state index contributed by atoms with van der Waals surface area (Å²) in [6.45, 7) is 5.58. The first-order valence-corrected chi connectivity index (χ1v) is 8.88. The molecule has 0 amide bonds. The third kappa shape index (κ3) is 6.00. The van der Waals surface area contributed by atoms with E-state index in [1.54, 1.807) is 12.1 Å². The highest BCUT2D eigenvalue weighted by Gasteiger charge is 2.22.